The molecule has 2 aromatic rings. The van der Waals surface area contributed by atoms with E-state index in [4.69, 9.17) is 10.2 Å². The summed E-state index contributed by atoms with van der Waals surface area (Å²) >= 11 is 0. The molecule has 1 aromatic heterocycles. The van der Waals surface area contributed by atoms with Gasteiger partial charge >= 0.3 is 0 Å². The highest BCUT2D eigenvalue weighted by Crippen LogP contribution is 2.10. The topological polar surface area (TPSA) is 51.2 Å². The number of nitrogens with one attached hydrogen (secondary N) is 1. The van der Waals surface area contributed by atoms with Gasteiger partial charge in [-0.25, -0.2) is 0 Å². The molecule has 0 aliphatic rings. The van der Waals surface area contributed by atoms with Crippen LogP contribution in [0.4, 0.5) is 5.69 Å². The van der Waals surface area contributed by atoms with Crippen LogP contribution in [0, 0.1) is 0 Å². The van der Waals surface area contributed by atoms with E-state index >= 15 is 0 Å². The van der Waals surface area contributed by atoms with E-state index in [-0.39, 0.29) is 0 Å². The maximum absolute atomic E-state index is 5.82. The molecular formula is C12H14N2O. The molecule has 15 heavy (non-hydrogen) atoms. The first-order valence-corrected chi connectivity index (χ1v) is 4.93. The molecule has 0 bridgehead atoms. The van der Waals surface area contributed by atoms with Gasteiger partial charge in [-0.3, -0.25) is 0 Å². The average molecular weight is 202 g/mol. The molecule has 0 unspecified atom stereocenters. The number of benzene rings is 1. The van der Waals surface area contributed by atoms with Crippen molar-refractivity contribution >= 4 is 5.69 Å². The molecule has 0 saturated carbocycles. The number of hydrogen-bond acceptors (Lipinski definition) is 3. The van der Waals surface area contributed by atoms with Gasteiger partial charge in [0.2, 0.25) is 0 Å². The van der Waals surface area contributed by atoms with Crippen LogP contribution in [0.25, 0.3) is 0 Å². The van der Waals surface area contributed by atoms with Gasteiger partial charge in [0.1, 0.15) is 5.76 Å². The summed E-state index contributed by atoms with van der Waals surface area (Å²) in [5.41, 5.74) is 7.76. The quantitative estimate of drug-likeness (QED) is 0.747. The van der Waals surface area contributed by atoms with Crippen molar-refractivity contribution in [1.82, 2.24) is 5.32 Å². The van der Waals surface area contributed by atoms with Gasteiger partial charge in [-0.05, 0) is 23.8 Å². The summed E-state index contributed by atoms with van der Waals surface area (Å²) in [5, 5.41) is 3.27. The minimum atomic E-state index is 0.724. The van der Waals surface area contributed by atoms with Gasteiger partial charge in [0.05, 0.1) is 12.8 Å². The van der Waals surface area contributed by atoms with Crippen molar-refractivity contribution in [3.05, 3.63) is 54.0 Å². The predicted molar refractivity (Wildman–Crippen MR) is 60.1 cm³/mol. The van der Waals surface area contributed by atoms with Gasteiger partial charge in [-0.15, -0.1) is 0 Å². The van der Waals surface area contributed by atoms with Crippen molar-refractivity contribution in [2.45, 2.75) is 13.1 Å². The fourth-order valence-corrected chi connectivity index (χ4v) is 1.43. The van der Waals surface area contributed by atoms with Crippen molar-refractivity contribution in [2.75, 3.05) is 5.73 Å². The van der Waals surface area contributed by atoms with Crippen LogP contribution in [0.2, 0.25) is 0 Å². The van der Waals surface area contributed by atoms with Crippen LogP contribution in [-0.2, 0) is 13.1 Å². The Hall–Kier alpha value is -1.74. The Morgan fingerprint density at radius 3 is 2.67 bits per heavy atom. The van der Waals surface area contributed by atoms with E-state index in [0.29, 0.717) is 0 Å². The molecule has 0 atom stereocenters. The molecule has 3 N–H and O–H groups in total. The average Bonchev–Trinajstić information content (AvgIpc) is 2.74. The summed E-state index contributed by atoms with van der Waals surface area (Å²) in [6.07, 6.45) is 1.67. The monoisotopic (exact) mass is 202 g/mol. The van der Waals surface area contributed by atoms with Crippen LogP contribution in [0.5, 0.6) is 0 Å². The van der Waals surface area contributed by atoms with Crippen LogP contribution < -0.4 is 11.1 Å². The van der Waals surface area contributed by atoms with Crippen LogP contribution in [0.15, 0.2) is 47.1 Å². The first kappa shape index (κ1) is 9.80. The van der Waals surface area contributed by atoms with E-state index in [1.165, 1.54) is 0 Å². The molecule has 1 heterocycles. The summed E-state index contributed by atoms with van der Waals surface area (Å²) in [4.78, 5) is 0. The Labute approximate surface area is 88.9 Å². The predicted octanol–water partition coefficient (Wildman–Crippen LogP) is 2.15. The molecule has 1 aromatic carbocycles. The van der Waals surface area contributed by atoms with Gasteiger partial charge < -0.3 is 15.5 Å². The number of para-hydroxylation sites is 1. The largest absolute Gasteiger partial charge is 0.468 e. The molecule has 2 rings (SSSR count). The van der Waals surface area contributed by atoms with Crippen LogP contribution in [0.1, 0.15) is 11.3 Å². The third kappa shape index (κ3) is 2.60. The van der Waals surface area contributed by atoms with Crippen molar-refractivity contribution in [2.24, 2.45) is 0 Å². The normalized spacial score (nSPS) is 10.4. The lowest BCUT2D eigenvalue weighted by Crippen LogP contribution is -2.13. The second-order valence-electron chi connectivity index (χ2n) is 3.38. The summed E-state index contributed by atoms with van der Waals surface area (Å²) in [6, 6.07) is 11.7. The molecule has 78 valence electrons. The SMILES string of the molecule is Nc1ccccc1CNCc1ccco1. The Bertz CT molecular complexity index is 409. The van der Waals surface area contributed by atoms with Gasteiger partial charge in [-0.1, -0.05) is 18.2 Å². The second-order valence-corrected chi connectivity index (χ2v) is 3.38. The van der Waals surface area contributed by atoms with Crippen molar-refractivity contribution in [1.29, 1.82) is 0 Å². The maximum atomic E-state index is 5.82. The standard InChI is InChI=1S/C12H14N2O/c13-12-6-2-1-4-10(12)8-14-9-11-5-3-7-15-11/h1-7,14H,8-9,13H2. The third-order valence-corrected chi connectivity index (χ3v) is 2.25. The molecule has 0 saturated heterocycles. The summed E-state index contributed by atoms with van der Waals surface area (Å²) in [6.45, 7) is 1.48. The van der Waals surface area contributed by atoms with Gasteiger partial charge in [0.15, 0.2) is 0 Å². The summed E-state index contributed by atoms with van der Waals surface area (Å²) in [5.74, 6) is 0.935. The van der Waals surface area contributed by atoms with E-state index in [9.17, 15) is 0 Å². The first-order chi connectivity index (χ1) is 7.36. The molecule has 3 nitrogen and oxygen atoms in total. The number of nitrogens with two attached hydrogens (primary N) is 1. The Kier molecular flexibility index (Phi) is 3.05. The minimum Gasteiger partial charge on any atom is -0.468 e. The first-order valence-electron chi connectivity index (χ1n) is 4.93. The Morgan fingerprint density at radius 1 is 1.07 bits per heavy atom. The van der Waals surface area contributed by atoms with Crippen molar-refractivity contribution in [3.8, 4) is 0 Å². The van der Waals surface area contributed by atoms with E-state index in [0.717, 1.165) is 30.1 Å². The molecule has 0 amide bonds. The molecule has 0 spiro atoms. The highest BCUT2D eigenvalue weighted by Gasteiger charge is 1.98. The minimum absolute atomic E-state index is 0.724. The number of anilines is 1. The van der Waals surface area contributed by atoms with Gasteiger partial charge in [0, 0.05) is 12.2 Å². The second kappa shape index (κ2) is 4.66. The smallest absolute Gasteiger partial charge is 0.117 e. The summed E-state index contributed by atoms with van der Waals surface area (Å²) in [7, 11) is 0. The zero-order valence-corrected chi connectivity index (χ0v) is 8.44. The Morgan fingerprint density at radius 2 is 1.93 bits per heavy atom. The van der Waals surface area contributed by atoms with E-state index in [1.54, 1.807) is 6.26 Å². The van der Waals surface area contributed by atoms with Crippen LogP contribution >= 0.6 is 0 Å². The maximum Gasteiger partial charge on any atom is 0.117 e. The van der Waals surface area contributed by atoms with E-state index < -0.39 is 0 Å². The van der Waals surface area contributed by atoms with E-state index in [2.05, 4.69) is 5.32 Å². The molecule has 0 radical (unpaired) electrons. The number of furan rings is 1. The molecule has 0 aliphatic carbocycles. The van der Waals surface area contributed by atoms with Gasteiger partial charge in [0.25, 0.3) is 0 Å². The highest BCUT2D eigenvalue weighted by atomic mass is 16.3. The van der Waals surface area contributed by atoms with Crippen molar-refractivity contribution in [3.63, 3.8) is 0 Å². The van der Waals surface area contributed by atoms with Crippen LogP contribution in [0.3, 0.4) is 0 Å². The fourth-order valence-electron chi connectivity index (χ4n) is 1.43. The number of nitrogen functional groups attached to an aromatic ring is 1. The lowest BCUT2D eigenvalue weighted by molar-refractivity contribution is 0.483. The summed E-state index contributed by atoms with van der Waals surface area (Å²) < 4.78 is 5.21. The highest BCUT2D eigenvalue weighted by molar-refractivity contribution is 5.46. The third-order valence-electron chi connectivity index (χ3n) is 2.25. The molecule has 3 heteroatoms. The molecule has 0 aliphatic heterocycles. The van der Waals surface area contributed by atoms with Gasteiger partial charge in [-0.2, -0.15) is 0 Å². The zero-order valence-electron chi connectivity index (χ0n) is 8.44. The number of rotatable bonds is 4. The van der Waals surface area contributed by atoms with Crippen molar-refractivity contribution < 1.29 is 4.42 Å². The Balaban J connectivity index is 1.86. The lowest BCUT2D eigenvalue weighted by atomic mass is 10.2. The lowest BCUT2D eigenvalue weighted by Gasteiger charge is -2.05. The number of hydrogen-bond donors (Lipinski definition) is 2. The molecular weight excluding hydrogens is 188 g/mol. The fraction of sp³-hybridized carbons (Fsp3) is 0.167. The zero-order chi connectivity index (χ0) is 10.5. The molecule has 0 fully saturated rings. The van der Waals surface area contributed by atoms with E-state index in [1.807, 2.05) is 36.4 Å². The van der Waals surface area contributed by atoms with Crippen LogP contribution in [-0.4, -0.2) is 0 Å².